The van der Waals surface area contributed by atoms with Crippen LogP contribution in [0.3, 0.4) is 0 Å². The summed E-state index contributed by atoms with van der Waals surface area (Å²) in [5.74, 6) is -1.59. The van der Waals surface area contributed by atoms with Gasteiger partial charge in [-0.3, -0.25) is 32.5 Å². The summed E-state index contributed by atoms with van der Waals surface area (Å²) >= 11 is 0. The van der Waals surface area contributed by atoms with Crippen molar-refractivity contribution in [3.8, 4) is 0 Å². The van der Waals surface area contributed by atoms with E-state index in [1.54, 1.807) is 0 Å². The number of carbonyl (C=O) groups excluding carboxylic acids is 3. The number of esters is 3. The van der Waals surface area contributed by atoms with Crippen LogP contribution in [0, 0.1) is 0 Å². The van der Waals surface area contributed by atoms with E-state index < -0.39 is 91.5 Å². The molecule has 0 aromatic carbocycles. The number of hydrogen-bond donors (Lipinski definition) is 4. The number of ether oxygens (including phenoxy) is 3. The van der Waals surface area contributed by atoms with Gasteiger partial charge in [-0.15, -0.1) is 0 Å². The Labute approximate surface area is 650 Å². The van der Waals surface area contributed by atoms with E-state index in [1.165, 1.54) is 96.3 Å². The summed E-state index contributed by atoms with van der Waals surface area (Å²) in [5.41, 5.74) is 0. The molecule has 5 unspecified atom stereocenters. The highest BCUT2D eigenvalue weighted by molar-refractivity contribution is 7.47. The molecule has 4 N–H and O–H groups in total. The molecule has 0 aliphatic carbocycles. The SMILES string of the molecule is CC/C=C\C/C=C\C/C=C\C/C=C\C/C=C\C/C=C\CCCCCCCCCCCCCCC(=O)OCC(O)COP(=O)(O)OCC(O)COP(=O)(O)OCC(COC(=O)CCCCCCCCCCCC/C=C\C/C=C\C/C=C\C/C=C\C/C=C\C/C=C\CC)OC(=O)CCCCCCC/C=C\CCCC. The van der Waals surface area contributed by atoms with Crippen LogP contribution in [0.2, 0.25) is 0 Å². The predicted octanol–water partition coefficient (Wildman–Crippen LogP) is 25.0. The molecule has 0 bridgehead atoms. The molecule has 0 rings (SSSR count). The molecule has 0 spiro atoms. The van der Waals surface area contributed by atoms with Crippen LogP contribution in [-0.4, -0.2) is 95.9 Å². The first-order chi connectivity index (χ1) is 52.2. The molecule has 107 heavy (non-hydrogen) atoms. The topological polar surface area (TPSA) is 231 Å². The number of phosphoric ester groups is 2. The van der Waals surface area contributed by atoms with Crippen LogP contribution >= 0.6 is 15.6 Å². The third-order valence-corrected chi connectivity index (χ3v) is 19.1. The van der Waals surface area contributed by atoms with Crippen molar-refractivity contribution < 1.29 is 75.8 Å². The van der Waals surface area contributed by atoms with Crippen LogP contribution in [0.4, 0.5) is 0 Å². The Hall–Kier alpha value is -4.83. The lowest BCUT2D eigenvalue weighted by molar-refractivity contribution is -0.161. The quantitative estimate of drug-likeness (QED) is 0.0146. The standard InChI is InChI=1S/C89H150O16P2/c1-4-7-10-13-16-19-22-24-26-28-30-32-34-36-38-40-41-43-45-46-48-50-52-54-56-58-61-63-66-69-72-75-87(92)99-78-84(90)79-101-106(95,96)102-80-85(91)81-103-107(97,98)104-83-86(105-89(94)77-74-71-68-65-60-21-18-15-12-9-6-3)82-100-88(93)76-73-70-67-64-62-59-57-55-53-51-49-47-44-42-39-37-35-33-31-29-27-25-23-20-17-14-11-8-5-2/h7-8,10-11,15-20,24-27,30-33,36-39,41,43-44,47,84-86,90-91H,4-6,9,12-14,21-23,28-29,34-35,40,42,45-46,48-83H2,1-3H3,(H,95,96)(H,97,98)/b10-7-,11-8-,18-15-,19-16-,20-17-,26-24-,27-25-,32-30-,33-31-,38-36-,39-37-,43-41-,47-44-. The van der Waals surface area contributed by atoms with Crippen molar-refractivity contribution in [2.45, 2.75) is 347 Å². The highest BCUT2D eigenvalue weighted by Gasteiger charge is 2.29. The lowest BCUT2D eigenvalue weighted by Gasteiger charge is -2.21. The number of rotatable bonds is 78. The first-order valence-electron chi connectivity index (χ1n) is 41.8. The van der Waals surface area contributed by atoms with Crippen molar-refractivity contribution in [2.24, 2.45) is 0 Å². The first-order valence-corrected chi connectivity index (χ1v) is 44.8. The molecule has 0 radical (unpaired) electrons. The molecule has 16 nitrogen and oxygen atoms in total. The molecule has 0 saturated carbocycles. The fraction of sp³-hybridized carbons (Fsp3) is 0.674. The van der Waals surface area contributed by atoms with E-state index in [0.29, 0.717) is 19.3 Å². The van der Waals surface area contributed by atoms with Crippen molar-refractivity contribution in [1.82, 2.24) is 0 Å². The number of unbranched alkanes of at least 4 members (excludes halogenated alkanes) is 29. The van der Waals surface area contributed by atoms with Gasteiger partial charge in [0, 0.05) is 19.3 Å². The monoisotopic (exact) mass is 1540 g/mol. The van der Waals surface area contributed by atoms with Gasteiger partial charge < -0.3 is 34.2 Å². The molecule has 612 valence electrons. The van der Waals surface area contributed by atoms with Gasteiger partial charge in [0.1, 0.15) is 25.4 Å². The summed E-state index contributed by atoms with van der Waals surface area (Å²) in [5, 5.41) is 20.6. The predicted molar refractivity (Wildman–Crippen MR) is 445 cm³/mol. The molecule has 0 aromatic rings. The Kier molecular flexibility index (Phi) is 77.0. The van der Waals surface area contributed by atoms with Crippen LogP contribution in [0.15, 0.2) is 158 Å². The molecule has 0 saturated heterocycles. The molecule has 18 heteroatoms. The molecule has 0 fully saturated rings. The first kappa shape index (κ1) is 102. The summed E-state index contributed by atoms with van der Waals surface area (Å²) in [6.45, 7) is 2.40. The highest BCUT2D eigenvalue weighted by atomic mass is 31.2. The molecule has 0 amide bonds. The summed E-state index contributed by atoms with van der Waals surface area (Å²) in [6.07, 6.45) is 102. The van der Waals surface area contributed by atoms with E-state index in [-0.39, 0.29) is 19.3 Å². The minimum Gasteiger partial charge on any atom is -0.463 e. The third kappa shape index (κ3) is 82.0. The number of allylic oxidation sites excluding steroid dienone is 26. The number of aliphatic hydroxyl groups is 2. The van der Waals surface area contributed by atoms with Crippen molar-refractivity contribution in [2.75, 3.05) is 39.6 Å². The maximum Gasteiger partial charge on any atom is 0.472 e. The number of phosphoric acid groups is 2. The Morgan fingerprint density at radius 1 is 0.271 bits per heavy atom. The van der Waals surface area contributed by atoms with E-state index in [0.717, 1.165) is 173 Å². The van der Waals surface area contributed by atoms with Crippen LogP contribution in [0.25, 0.3) is 0 Å². The maximum absolute atomic E-state index is 12.9. The van der Waals surface area contributed by atoms with Gasteiger partial charge in [-0.1, -0.05) is 326 Å². The summed E-state index contributed by atoms with van der Waals surface area (Å²) in [4.78, 5) is 58.6. The van der Waals surface area contributed by atoms with Gasteiger partial charge in [-0.05, 0) is 141 Å². The lowest BCUT2D eigenvalue weighted by atomic mass is 10.0. The zero-order valence-electron chi connectivity index (χ0n) is 67.0. The van der Waals surface area contributed by atoms with Crippen LogP contribution < -0.4 is 0 Å². The minimum absolute atomic E-state index is 0.0903. The second-order valence-electron chi connectivity index (χ2n) is 27.5. The van der Waals surface area contributed by atoms with E-state index in [1.807, 2.05) is 0 Å². The van der Waals surface area contributed by atoms with Gasteiger partial charge in [-0.2, -0.15) is 0 Å². The third-order valence-electron chi connectivity index (χ3n) is 17.2. The number of carbonyl (C=O) groups is 3. The Balaban J connectivity index is 4.43. The Bertz CT molecular complexity index is 2580. The smallest absolute Gasteiger partial charge is 0.463 e. The average molecular weight is 1540 g/mol. The van der Waals surface area contributed by atoms with E-state index >= 15 is 0 Å². The van der Waals surface area contributed by atoms with Gasteiger partial charge in [-0.25, -0.2) is 9.13 Å². The van der Waals surface area contributed by atoms with E-state index in [4.69, 9.17) is 32.3 Å². The van der Waals surface area contributed by atoms with Gasteiger partial charge in [0.15, 0.2) is 6.10 Å². The van der Waals surface area contributed by atoms with Gasteiger partial charge in [0.25, 0.3) is 0 Å². The van der Waals surface area contributed by atoms with E-state index in [9.17, 15) is 43.5 Å². The summed E-state index contributed by atoms with van der Waals surface area (Å²) in [6, 6.07) is 0. The largest absolute Gasteiger partial charge is 0.472 e. The second-order valence-corrected chi connectivity index (χ2v) is 30.4. The van der Waals surface area contributed by atoms with Crippen LogP contribution in [-0.2, 0) is 55.8 Å². The fourth-order valence-electron chi connectivity index (χ4n) is 10.9. The van der Waals surface area contributed by atoms with Crippen molar-refractivity contribution in [3.63, 3.8) is 0 Å². The summed E-state index contributed by atoms with van der Waals surface area (Å²) in [7, 11) is -9.80. The van der Waals surface area contributed by atoms with Crippen molar-refractivity contribution in [1.29, 1.82) is 0 Å². The second kappa shape index (κ2) is 80.7. The van der Waals surface area contributed by atoms with Gasteiger partial charge >= 0.3 is 33.6 Å². The number of hydrogen-bond acceptors (Lipinski definition) is 14. The normalized spacial score (nSPS) is 14.7. The average Bonchev–Trinajstić information content (AvgIpc) is 0.910. The van der Waals surface area contributed by atoms with Crippen molar-refractivity contribution in [3.05, 3.63) is 158 Å². The molecule has 0 aromatic heterocycles. The molecule has 0 aliphatic heterocycles. The molecular weight excluding hydrogens is 1390 g/mol. The van der Waals surface area contributed by atoms with Crippen LogP contribution in [0.5, 0.6) is 0 Å². The molecule has 0 aliphatic rings. The maximum atomic E-state index is 12.9. The summed E-state index contributed by atoms with van der Waals surface area (Å²) < 4.78 is 61.1. The van der Waals surface area contributed by atoms with Gasteiger partial charge in [0.05, 0.1) is 26.4 Å². The zero-order valence-corrected chi connectivity index (χ0v) is 68.8. The minimum atomic E-state index is -4.93. The Morgan fingerprint density at radius 3 is 0.794 bits per heavy atom. The van der Waals surface area contributed by atoms with Crippen molar-refractivity contribution >= 4 is 33.6 Å². The molecule has 5 atom stereocenters. The Morgan fingerprint density at radius 2 is 0.495 bits per heavy atom. The van der Waals surface area contributed by atoms with Gasteiger partial charge in [0.2, 0.25) is 0 Å². The van der Waals surface area contributed by atoms with E-state index in [2.05, 4.69) is 179 Å². The van der Waals surface area contributed by atoms with Crippen LogP contribution in [0.1, 0.15) is 329 Å². The lowest BCUT2D eigenvalue weighted by Crippen LogP contribution is -2.30. The highest BCUT2D eigenvalue weighted by Crippen LogP contribution is 2.45. The zero-order chi connectivity index (χ0) is 78.0. The number of aliphatic hydroxyl groups excluding tert-OH is 2. The fourth-order valence-corrected chi connectivity index (χ4v) is 12.5. The molecular formula is C89H150O16P2. The molecule has 0 heterocycles.